The number of nitrogens with zero attached hydrogens (tertiary/aromatic N) is 1. The molecule has 1 atom stereocenters. The molecule has 1 aromatic carbocycles. The Morgan fingerprint density at radius 3 is 3.10 bits per heavy atom. The van der Waals surface area contributed by atoms with Crippen LogP contribution in [-0.4, -0.2) is 56.8 Å². The number of carbonyl (C=O) groups excluding carboxylic acids is 1. The average Bonchev–Trinajstić information content (AvgIpc) is 2.47. The van der Waals surface area contributed by atoms with Crippen molar-refractivity contribution in [2.24, 2.45) is 0 Å². The maximum absolute atomic E-state index is 11.7. The first kappa shape index (κ1) is 16.2. The fourth-order valence-corrected chi connectivity index (χ4v) is 2.33. The van der Waals surface area contributed by atoms with Gasteiger partial charge >= 0.3 is 0 Å². The second-order valence-electron chi connectivity index (χ2n) is 5.14. The number of rotatable bonds is 6. The number of halogens is 1. The molecule has 1 heterocycles. The van der Waals surface area contributed by atoms with E-state index in [2.05, 4.69) is 10.2 Å². The minimum absolute atomic E-state index is 0.0216. The third-order valence-corrected chi connectivity index (χ3v) is 3.69. The molecule has 1 aliphatic heterocycles. The SMILES string of the molecule is CN1CCOC(CNC(=O)COCc2ccccc2Cl)C1. The summed E-state index contributed by atoms with van der Waals surface area (Å²) in [5.74, 6) is -0.140. The van der Waals surface area contributed by atoms with Gasteiger partial charge < -0.3 is 19.7 Å². The predicted octanol–water partition coefficient (Wildman–Crippen LogP) is 1.30. The normalized spacial score (nSPS) is 19.4. The number of carbonyl (C=O) groups is 1. The highest BCUT2D eigenvalue weighted by Gasteiger charge is 2.18. The average molecular weight is 313 g/mol. The Hall–Kier alpha value is -1.14. The molecule has 0 aromatic heterocycles. The summed E-state index contributed by atoms with van der Waals surface area (Å²) >= 11 is 6.01. The Kier molecular flexibility index (Phi) is 6.45. The van der Waals surface area contributed by atoms with Crippen LogP contribution >= 0.6 is 11.6 Å². The number of ether oxygens (including phenoxy) is 2. The Balaban J connectivity index is 1.62. The predicted molar refractivity (Wildman–Crippen MR) is 81.4 cm³/mol. The summed E-state index contributed by atoms with van der Waals surface area (Å²) in [5, 5.41) is 3.47. The van der Waals surface area contributed by atoms with E-state index in [0.717, 1.165) is 18.7 Å². The number of nitrogens with one attached hydrogen (secondary N) is 1. The van der Waals surface area contributed by atoms with Crippen molar-refractivity contribution in [1.29, 1.82) is 0 Å². The second-order valence-corrected chi connectivity index (χ2v) is 5.55. The monoisotopic (exact) mass is 312 g/mol. The van der Waals surface area contributed by atoms with Crippen LogP contribution < -0.4 is 5.32 Å². The van der Waals surface area contributed by atoms with E-state index in [0.29, 0.717) is 24.8 Å². The molecule has 2 rings (SSSR count). The molecule has 1 unspecified atom stereocenters. The molecule has 1 N–H and O–H groups in total. The third-order valence-electron chi connectivity index (χ3n) is 3.32. The number of hydrogen-bond acceptors (Lipinski definition) is 4. The molecule has 1 aromatic rings. The van der Waals surface area contributed by atoms with Crippen molar-refractivity contribution in [2.45, 2.75) is 12.7 Å². The van der Waals surface area contributed by atoms with E-state index in [1.807, 2.05) is 25.2 Å². The molecule has 0 spiro atoms. The summed E-state index contributed by atoms with van der Waals surface area (Å²) in [6.45, 7) is 3.34. The lowest BCUT2D eigenvalue weighted by atomic mass is 10.2. The Morgan fingerprint density at radius 1 is 1.52 bits per heavy atom. The van der Waals surface area contributed by atoms with E-state index in [-0.39, 0.29) is 18.6 Å². The van der Waals surface area contributed by atoms with Crippen LogP contribution in [0.25, 0.3) is 0 Å². The van der Waals surface area contributed by atoms with E-state index < -0.39 is 0 Å². The summed E-state index contributed by atoms with van der Waals surface area (Å²) in [5.41, 5.74) is 0.879. The van der Waals surface area contributed by atoms with Gasteiger partial charge in [-0.25, -0.2) is 0 Å². The summed E-state index contributed by atoms with van der Waals surface area (Å²) in [7, 11) is 2.05. The summed E-state index contributed by atoms with van der Waals surface area (Å²) < 4.78 is 10.9. The number of benzene rings is 1. The van der Waals surface area contributed by atoms with Crippen molar-refractivity contribution >= 4 is 17.5 Å². The molecule has 6 heteroatoms. The van der Waals surface area contributed by atoms with Gasteiger partial charge in [-0.15, -0.1) is 0 Å². The van der Waals surface area contributed by atoms with E-state index in [1.54, 1.807) is 6.07 Å². The topological polar surface area (TPSA) is 50.8 Å². The molecule has 1 amide bonds. The smallest absolute Gasteiger partial charge is 0.246 e. The van der Waals surface area contributed by atoms with Crippen molar-refractivity contribution in [2.75, 3.05) is 39.9 Å². The van der Waals surface area contributed by atoms with Gasteiger partial charge in [-0.2, -0.15) is 0 Å². The van der Waals surface area contributed by atoms with Gasteiger partial charge in [-0.05, 0) is 18.7 Å². The zero-order valence-electron chi connectivity index (χ0n) is 12.2. The lowest BCUT2D eigenvalue weighted by Crippen LogP contribution is -2.46. The fraction of sp³-hybridized carbons (Fsp3) is 0.533. The summed E-state index contributed by atoms with van der Waals surface area (Å²) in [4.78, 5) is 13.9. The fourth-order valence-electron chi connectivity index (χ4n) is 2.14. The molecular weight excluding hydrogens is 292 g/mol. The first-order valence-electron chi connectivity index (χ1n) is 7.03. The van der Waals surface area contributed by atoms with Gasteiger partial charge in [0.15, 0.2) is 0 Å². The highest BCUT2D eigenvalue weighted by atomic mass is 35.5. The maximum atomic E-state index is 11.7. The van der Waals surface area contributed by atoms with Gasteiger partial charge in [0.2, 0.25) is 5.91 Å². The first-order valence-corrected chi connectivity index (χ1v) is 7.41. The zero-order valence-corrected chi connectivity index (χ0v) is 12.9. The number of morpholine rings is 1. The van der Waals surface area contributed by atoms with Crippen molar-refractivity contribution < 1.29 is 14.3 Å². The number of hydrogen-bond donors (Lipinski definition) is 1. The molecule has 116 valence electrons. The van der Waals surface area contributed by atoms with Gasteiger partial charge in [0.25, 0.3) is 0 Å². The summed E-state index contributed by atoms with van der Waals surface area (Å²) in [6, 6.07) is 7.43. The quantitative estimate of drug-likeness (QED) is 0.860. The molecule has 5 nitrogen and oxygen atoms in total. The molecule has 0 saturated carbocycles. The van der Waals surface area contributed by atoms with E-state index in [9.17, 15) is 4.79 Å². The minimum Gasteiger partial charge on any atom is -0.374 e. The van der Waals surface area contributed by atoms with Crippen LogP contribution in [0.2, 0.25) is 5.02 Å². The zero-order chi connectivity index (χ0) is 15.1. The van der Waals surface area contributed by atoms with Crippen molar-refractivity contribution in [3.63, 3.8) is 0 Å². The van der Waals surface area contributed by atoms with Crippen LogP contribution in [0.1, 0.15) is 5.56 Å². The van der Waals surface area contributed by atoms with Crippen LogP contribution in [0.4, 0.5) is 0 Å². The maximum Gasteiger partial charge on any atom is 0.246 e. The molecule has 21 heavy (non-hydrogen) atoms. The lowest BCUT2D eigenvalue weighted by molar-refractivity contribution is -0.127. The van der Waals surface area contributed by atoms with E-state index in [4.69, 9.17) is 21.1 Å². The Labute approximate surface area is 130 Å². The van der Waals surface area contributed by atoms with Crippen LogP contribution in [0.3, 0.4) is 0 Å². The first-order chi connectivity index (χ1) is 10.1. The van der Waals surface area contributed by atoms with Gasteiger partial charge in [0, 0.05) is 24.7 Å². The van der Waals surface area contributed by atoms with E-state index in [1.165, 1.54) is 0 Å². The summed E-state index contributed by atoms with van der Waals surface area (Å²) in [6.07, 6.45) is 0.0521. The van der Waals surface area contributed by atoms with Crippen LogP contribution in [0.15, 0.2) is 24.3 Å². The third kappa shape index (κ3) is 5.63. The highest BCUT2D eigenvalue weighted by molar-refractivity contribution is 6.31. The molecule has 1 fully saturated rings. The van der Waals surface area contributed by atoms with Crippen LogP contribution in [-0.2, 0) is 20.9 Å². The largest absolute Gasteiger partial charge is 0.374 e. The Morgan fingerprint density at radius 2 is 2.33 bits per heavy atom. The molecule has 0 aliphatic carbocycles. The van der Waals surface area contributed by atoms with Gasteiger partial charge in [-0.1, -0.05) is 29.8 Å². The second kappa shape index (κ2) is 8.34. The van der Waals surface area contributed by atoms with Crippen molar-refractivity contribution in [1.82, 2.24) is 10.2 Å². The molecular formula is C15H21ClN2O3. The Bertz CT molecular complexity index is 470. The molecule has 1 saturated heterocycles. The van der Waals surface area contributed by atoms with Gasteiger partial charge in [0.1, 0.15) is 6.61 Å². The lowest BCUT2D eigenvalue weighted by Gasteiger charge is -2.30. The minimum atomic E-state index is -0.140. The van der Waals surface area contributed by atoms with Crippen molar-refractivity contribution in [3.05, 3.63) is 34.9 Å². The van der Waals surface area contributed by atoms with E-state index >= 15 is 0 Å². The van der Waals surface area contributed by atoms with Crippen LogP contribution in [0, 0.1) is 0 Å². The highest BCUT2D eigenvalue weighted by Crippen LogP contribution is 2.15. The molecule has 0 bridgehead atoms. The molecule has 0 radical (unpaired) electrons. The number of amides is 1. The van der Waals surface area contributed by atoms with Gasteiger partial charge in [0.05, 0.1) is 19.3 Å². The molecule has 1 aliphatic rings. The van der Waals surface area contributed by atoms with Crippen LogP contribution in [0.5, 0.6) is 0 Å². The number of likely N-dealkylation sites (N-methyl/N-ethyl adjacent to an activating group) is 1. The van der Waals surface area contributed by atoms with Gasteiger partial charge in [-0.3, -0.25) is 4.79 Å². The standard InChI is InChI=1S/C15H21ClN2O3/c1-18-6-7-21-13(9-18)8-17-15(19)11-20-10-12-4-2-3-5-14(12)16/h2-5,13H,6-11H2,1H3,(H,17,19). The van der Waals surface area contributed by atoms with Crippen molar-refractivity contribution in [3.8, 4) is 0 Å².